The topological polar surface area (TPSA) is 61.9 Å². The van der Waals surface area contributed by atoms with Crippen molar-refractivity contribution >= 4 is 28.2 Å². The quantitative estimate of drug-likeness (QED) is 0.644. The van der Waals surface area contributed by atoms with Crippen molar-refractivity contribution in [3.8, 4) is 0 Å². The van der Waals surface area contributed by atoms with Crippen molar-refractivity contribution in [2.75, 3.05) is 44.6 Å². The predicted octanol–water partition coefficient (Wildman–Crippen LogP) is 3.81. The highest BCUT2D eigenvalue weighted by molar-refractivity contribution is 7.17. The number of amides is 1. The lowest BCUT2D eigenvalue weighted by Crippen LogP contribution is -2.48. The molecule has 6 nitrogen and oxygen atoms in total. The summed E-state index contributed by atoms with van der Waals surface area (Å²) < 4.78 is 5.31. The fraction of sp³-hybridized carbons (Fsp3) is 0.520. The minimum absolute atomic E-state index is 0.0568. The Hall–Kier alpha value is -2.22. The molecule has 0 radical (unpaired) electrons. The second-order valence-corrected chi connectivity index (χ2v) is 9.97. The van der Waals surface area contributed by atoms with Crippen LogP contribution in [0.3, 0.4) is 0 Å². The Morgan fingerprint density at radius 1 is 1.12 bits per heavy atom. The first-order valence-corrected chi connectivity index (χ1v) is 12.4. The van der Waals surface area contributed by atoms with Gasteiger partial charge in [-0.25, -0.2) is 4.79 Å². The van der Waals surface area contributed by atoms with E-state index in [4.69, 9.17) is 4.74 Å². The predicted molar refractivity (Wildman–Crippen MR) is 128 cm³/mol. The van der Waals surface area contributed by atoms with Crippen LogP contribution < -0.4 is 5.32 Å². The molecule has 7 heteroatoms. The lowest BCUT2D eigenvalue weighted by molar-refractivity contribution is -0.117. The number of thiophene rings is 1. The van der Waals surface area contributed by atoms with Crippen LogP contribution in [0.25, 0.3) is 0 Å². The van der Waals surface area contributed by atoms with E-state index in [1.54, 1.807) is 11.3 Å². The summed E-state index contributed by atoms with van der Waals surface area (Å²) in [5.41, 5.74) is 2.98. The van der Waals surface area contributed by atoms with Crippen LogP contribution in [-0.4, -0.2) is 61.0 Å². The van der Waals surface area contributed by atoms with Gasteiger partial charge in [-0.2, -0.15) is 0 Å². The first kappa shape index (κ1) is 23.0. The Morgan fingerprint density at radius 3 is 2.56 bits per heavy atom. The Morgan fingerprint density at radius 2 is 1.84 bits per heavy atom. The van der Waals surface area contributed by atoms with Crippen LogP contribution in [0.5, 0.6) is 0 Å². The highest BCUT2D eigenvalue weighted by Crippen LogP contribution is 2.40. The van der Waals surface area contributed by atoms with Crippen LogP contribution >= 0.6 is 11.3 Å². The number of rotatable bonds is 7. The molecule has 0 spiro atoms. The normalized spacial score (nSPS) is 19.4. The molecule has 1 aliphatic carbocycles. The van der Waals surface area contributed by atoms with Crippen LogP contribution in [0.2, 0.25) is 0 Å². The van der Waals surface area contributed by atoms with Gasteiger partial charge >= 0.3 is 5.97 Å². The Balaban J connectivity index is 1.35. The minimum atomic E-state index is -0.315. The summed E-state index contributed by atoms with van der Waals surface area (Å²) in [5, 5.41) is 3.71. The molecule has 2 heterocycles. The third-order valence-corrected chi connectivity index (χ3v) is 7.50. The van der Waals surface area contributed by atoms with Gasteiger partial charge in [-0.15, -0.1) is 11.3 Å². The summed E-state index contributed by atoms with van der Waals surface area (Å²) >= 11 is 1.55. The van der Waals surface area contributed by atoms with Crippen molar-refractivity contribution < 1.29 is 14.3 Å². The molecule has 2 aliphatic rings. The number of nitrogens with one attached hydrogen (secondary N) is 1. The molecule has 1 unspecified atom stereocenters. The van der Waals surface area contributed by atoms with Gasteiger partial charge in [-0.1, -0.05) is 37.3 Å². The number of nitrogens with zero attached hydrogens (tertiary/aromatic N) is 2. The van der Waals surface area contributed by atoms with Crippen molar-refractivity contribution in [2.24, 2.45) is 5.92 Å². The smallest absolute Gasteiger partial charge is 0.341 e. The average Bonchev–Trinajstić information content (AvgIpc) is 3.12. The highest BCUT2D eigenvalue weighted by Gasteiger charge is 2.29. The molecule has 1 aromatic heterocycles. The van der Waals surface area contributed by atoms with E-state index in [0.29, 0.717) is 29.6 Å². The third kappa shape index (κ3) is 5.57. The van der Waals surface area contributed by atoms with Crippen molar-refractivity contribution in [2.45, 2.75) is 39.7 Å². The molecule has 1 fully saturated rings. The molecule has 1 aliphatic heterocycles. The second kappa shape index (κ2) is 10.6. The highest BCUT2D eigenvalue weighted by atomic mass is 32.1. The number of carbonyl (C=O) groups is 2. The maximum Gasteiger partial charge on any atom is 0.341 e. The number of ether oxygens (including phenoxy) is 1. The molecule has 0 saturated carbocycles. The van der Waals surface area contributed by atoms with Crippen LogP contribution in [0.4, 0.5) is 5.00 Å². The first-order chi connectivity index (χ1) is 15.5. The average molecular weight is 456 g/mol. The number of fused-ring (bicyclic) bond motifs is 1. The molecule has 1 N–H and O–H groups in total. The zero-order valence-electron chi connectivity index (χ0n) is 19.1. The maximum atomic E-state index is 12.9. The third-order valence-electron chi connectivity index (χ3n) is 6.33. The van der Waals surface area contributed by atoms with Gasteiger partial charge in [-0.3, -0.25) is 14.6 Å². The molecule has 2 aromatic rings. The number of hydrogen-bond donors (Lipinski definition) is 1. The van der Waals surface area contributed by atoms with Crippen molar-refractivity contribution in [1.82, 2.24) is 9.80 Å². The van der Waals surface area contributed by atoms with Gasteiger partial charge in [0, 0.05) is 37.6 Å². The summed E-state index contributed by atoms with van der Waals surface area (Å²) in [4.78, 5) is 31.3. The monoisotopic (exact) mass is 455 g/mol. The summed E-state index contributed by atoms with van der Waals surface area (Å²) in [7, 11) is 0. The van der Waals surface area contributed by atoms with Crippen LogP contribution in [0, 0.1) is 5.92 Å². The van der Waals surface area contributed by atoms with E-state index < -0.39 is 0 Å². The molecule has 1 saturated heterocycles. The number of esters is 1. The molecule has 1 atom stereocenters. The molecule has 172 valence electrons. The Bertz CT molecular complexity index is 935. The van der Waals surface area contributed by atoms with Crippen LogP contribution in [-0.2, 0) is 28.9 Å². The van der Waals surface area contributed by atoms with E-state index in [2.05, 4.69) is 46.3 Å². The summed E-state index contributed by atoms with van der Waals surface area (Å²) in [5.74, 6) is 0.231. The fourth-order valence-electron chi connectivity index (χ4n) is 4.57. The molecular weight excluding hydrogens is 422 g/mol. The van der Waals surface area contributed by atoms with Crippen LogP contribution in [0.1, 0.15) is 46.6 Å². The van der Waals surface area contributed by atoms with Crippen molar-refractivity contribution in [1.29, 1.82) is 0 Å². The summed E-state index contributed by atoms with van der Waals surface area (Å²) in [6, 6.07) is 10.5. The van der Waals surface area contributed by atoms with Gasteiger partial charge in [0.25, 0.3) is 0 Å². The van der Waals surface area contributed by atoms with Crippen molar-refractivity contribution in [3.05, 3.63) is 51.9 Å². The fourth-order valence-corrected chi connectivity index (χ4v) is 5.99. The van der Waals surface area contributed by atoms with E-state index in [-0.39, 0.29) is 11.9 Å². The van der Waals surface area contributed by atoms with Gasteiger partial charge < -0.3 is 10.1 Å². The number of carbonyl (C=O) groups excluding carboxylic acids is 2. The van der Waals surface area contributed by atoms with E-state index in [9.17, 15) is 9.59 Å². The second-order valence-electron chi connectivity index (χ2n) is 8.86. The maximum absolute atomic E-state index is 12.9. The summed E-state index contributed by atoms with van der Waals surface area (Å²) in [6.07, 6.45) is 2.91. The SMILES string of the molecule is CCOC(=O)c1c(NC(=O)CN2CCN(Cc3ccccc3)CC2)sc2c1CCC(C)C2. The molecule has 1 amide bonds. The molecule has 0 bridgehead atoms. The minimum Gasteiger partial charge on any atom is -0.462 e. The lowest BCUT2D eigenvalue weighted by Gasteiger charge is -2.34. The number of benzene rings is 1. The Kier molecular flexibility index (Phi) is 7.60. The van der Waals surface area contributed by atoms with Gasteiger partial charge in [0.05, 0.1) is 18.7 Å². The summed E-state index contributed by atoms with van der Waals surface area (Å²) in [6.45, 7) is 9.30. The lowest BCUT2D eigenvalue weighted by atomic mass is 9.88. The zero-order chi connectivity index (χ0) is 22.5. The number of piperazine rings is 1. The molecule has 32 heavy (non-hydrogen) atoms. The van der Waals surface area contributed by atoms with Gasteiger partial charge in [-0.05, 0) is 43.2 Å². The van der Waals surface area contributed by atoms with Gasteiger partial charge in [0.1, 0.15) is 5.00 Å². The molecule has 4 rings (SSSR count). The van der Waals surface area contributed by atoms with E-state index in [1.807, 2.05) is 13.0 Å². The van der Waals surface area contributed by atoms with E-state index >= 15 is 0 Å². The van der Waals surface area contributed by atoms with E-state index in [0.717, 1.165) is 57.5 Å². The van der Waals surface area contributed by atoms with E-state index in [1.165, 1.54) is 10.4 Å². The Labute approximate surface area is 194 Å². The molecule has 1 aromatic carbocycles. The van der Waals surface area contributed by atoms with Crippen molar-refractivity contribution in [3.63, 3.8) is 0 Å². The zero-order valence-corrected chi connectivity index (χ0v) is 19.9. The van der Waals surface area contributed by atoms with Gasteiger partial charge in [0.15, 0.2) is 0 Å². The number of anilines is 1. The first-order valence-electron chi connectivity index (χ1n) is 11.6. The van der Waals surface area contributed by atoms with Gasteiger partial charge in [0.2, 0.25) is 5.91 Å². The largest absolute Gasteiger partial charge is 0.462 e. The van der Waals surface area contributed by atoms with Crippen LogP contribution in [0.15, 0.2) is 30.3 Å². The standard InChI is InChI=1S/C25H33N3O3S/c1-3-31-25(30)23-20-10-9-18(2)15-21(20)32-24(23)26-22(29)17-28-13-11-27(12-14-28)16-19-7-5-4-6-8-19/h4-8,18H,3,9-17H2,1-2H3,(H,26,29). The molecular formula is C25H33N3O3S. The number of hydrogen-bond acceptors (Lipinski definition) is 6.